The number of ether oxygens (including phenoxy) is 1. The molecular formula is C14H20N2O2. The third-order valence-electron chi connectivity index (χ3n) is 2.90. The van der Waals surface area contributed by atoms with Crippen molar-refractivity contribution in [1.82, 2.24) is 10.3 Å². The monoisotopic (exact) mass is 248 g/mol. The molecule has 1 aliphatic carbocycles. The van der Waals surface area contributed by atoms with Crippen LogP contribution in [0.2, 0.25) is 0 Å². The first kappa shape index (κ1) is 12.9. The minimum absolute atomic E-state index is 0.135. The molecule has 0 unspecified atom stereocenters. The van der Waals surface area contributed by atoms with Gasteiger partial charge in [-0.1, -0.05) is 20.8 Å². The molecule has 0 aromatic carbocycles. The Morgan fingerprint density at radius 1 is 1.44 bits per heavy atom. The maximum atomic E-state index is 12.1. The second kappa shape index (κ2) is 4.59. The van der Waals surface area contributed by atoms with E-state index in [-0.39, 0.29) is 17.4 Å². The van der Waals surface area contributed by atoms with Crippen molar-refractivity contribution in [2.75, 3.05) is 7.05 Å². The van der Waals surface area contributed by atoms with Gasteiger partial charge in [-0.2, -0.15) is 0 Å². The lowest BCUT2D eigenvalue weighted by molar-refractivity contribution is 0.0955. The van der Waals surface area contributed by atoms with Gasteiger partial charge >= 0.3 is 0 Å². The third kappa shape index (κ3) is 2.63. The molecule has 4 nitrogen and oxygen atoms in total. The Hall–Kier alpha value is -1.58. The SMILES string of the molecule is CNC(=O)c1c(OC2CC2)ccnc1C(C)(C)C. The van der Waals surface area contributed by atoms with E-state index in [0.717, 1.165) is 18.5 Å². The minimum Gasteiger partial charge on any atom is -0.489 e. The Kier molecular flexibility index (Phi) is 3.28. The summed E-state index contributed by atoms with van der Waals surface area (Å²) in [6.07, 6.45) is 4.12. The van der Waals surface area contributed by atoms with E-state index in [9.17, 15) is 4.79 Å². The first-order valence-corrected chi connectivity index (χ1v) is 6.31. The zero-order chi connectivity index (χ0) is 13.3. The molecule has 18 heavy (non-hydrogen) atoms. The number of nitrogens with zero attached hydrogens (tertiary/aromatic N) is 1. The molecule has 2 rings (SSSR count). The molecule has 1 saturated carbocycles. The van der Waals surface area contributed by atoms with Gasteiger partial charge < -0.3 is 10.1 Å². The highest BCUT2D eigenvalue weighted by atomic mass is 16.5. The van der Waals surface area contributed by atoms with E-state index in [0.29, 0.717) is 11.3 Å². The number of carbonyl (C=O) groups excluding carboxylic acids is 1. The normalized spacial score (nSPS) is 15.3. The van der Waals surface area contributed by atoms with E-state index in [2.05, 4.69) is 10.3 Å². The Labute approximate surface area is 108 Å². The van der Waals surface area contributed by atoms with E-state index in [4.69, 9.17) is 4.74 Å². The van der Waals surface area contributed by atoms with Crippen molar-refractivity contribution in [3.05, 3.63) is 23.5 Å². The van der Waals surface area contributed by atoms with Crippen LogP contribution in [-0.4, -0.2) is 24.0 Å². The van der Waals surface area contributed by atoms with Crippen LogP contribution in [0.4, 0.5) is 0 Å². The van der Waals surface area contributed by atoms with Crippen LogP contribution in [0, 0.1) is 0 Å². The first-order valence-electron chi connectivity index (χ1n) is 6.31. The van der Waals surface area contributed by atoms with E-state index < -0.39 is 0 Å². The molecule has 0 bridgehead atoms. The van der Waals surface area contributed by atoms with Gasteiger partial charge in [0.1, 0.15) is 11.3 Å². The summed E-state index contributed by atoms with van der Waals surface area (Å²) in [6.45, 7) is 6.13. The molecule has 0 spiro atoms. The average Bonchev–Trinajstić information content (AvgIpc) is 3.10. The number of aromatic nitrogens is 1. The van der Waals surface area contributed by atoms with Crippen LogP contribution >= 0.6 is 0 Å². The smallest absolute Gasteiger partial charge is 0.256 e. The number of carbonyl (C=O) groups is 1. The van der Waals surface area contributed by atoms with Crippen molar-refractivity contribution in [3.8, 4) is 5.75 Å². The van der Waals surface area contributed by atoms with E-state index in [1.807, 2.05) is 20.8 Å². The zero-order valence-electron chi connectivity index (χ0n) is 11.4. The van der Waals surface area contributed by atoms with E-state index in [1.54, 1.807) is 19.3 Å². The van der Waals surface area contributed by atoms with Gasteiger partial charge in [0.2, 0.25) is 0 Å². The first-order chi connectivity index (χ1) is 8.43. The number of nitrogens with one attached hydrogen (secondary N) is 1. The second-order valence-corrected chi connectivity index (χ2v) is 5.68. The highest BCUT2D eigenvalue weighted by molar-refractivity contribution is 5.98. The summed E-state index contributed by atoms with van der Waals surface area (Å²) in [5.41, 5.74) is 1.16. The number of hydrogen-bond acceptors (Lipinski definition) is 3. The summed E-state index contributed by atoms with van der Waals surface area (Å²) in [4.78, 5) is 16.4. The lowest BCUT2D eigenvalue weighted by atomic mass is 9.87. The molecule has 1 amide bonds. The summed E-state index contributed by atoms with van der Waals surface area (Å²) in [7, 11) is 1.63. The largest absolute Gasteiger partial charge is 0.489 e. The lowest BCUT2D eigenvalue weighted by Crippen LogP contribution is -2.26. The van der Waals surface area contributed by atoms with Crippen molar-refractivity contribution in [3.63, 3.8) is 0 Å². The molecule has 4 heteroatoms. The summed E-state index contributed by atoms with van der Waals surface area (Å²) < 4.78 is 5.81. The van der Waals surface area contributed by atoms with Crippen LogP contribution < -0.4 is 10.1 Å². The van der Waals surface area contributed by atoms with Gasteiger partial charge in [0.05, 0.1) is 11.8 Å². The van der Waals surface area contributed by atoms with Gasteiger partial charge in [-0.3, -0.25) is 9.78 Å². The molecule has 1 N–H and O–H groups in total. The fraction of sp³-hybridized carbons (Fsp3) is 0.571. The van der Waals surface area contributed by atoms with E-state index in [1.165, 1.54) is 0 Å². The Morgan fingerprint density at radius 3 is 2.61 bits per heavy atom. The fourth-order valence-corrected chi connectivity index (χ4v) is 1.82. The van der Waals surface area contributed by atoms with Crippen LogP contribution in [0.25, 0.3) is 0 Å². The summed E-state index contributed by atoms with van der Waals surface area (Å²) in [6, 6.07) is 1.78. The van der Waals surface area contributed by atoms with Gasteiger partial charge in [0, 0.05) is 18.7 Å². The molecule has 0 saturated heterocycles. The molecular weight excluding hydrogens is 228 g/mol. The Morgan fingerprint density at radius 2 is 2.11 bits per heavy atom. The summed E-state index contributed by atoms with van der Waals surface area (Å²) >= 11 is 0. The number of amides is 1. The van der Waals surface area contributed by atoms with Crippen LogP contribution in [-0.2, 0) is 5.41 Å². The standard InChI is InChI=1S/C14H20N2O2/c1-14(2,3)12-11(13(17)15-4)10(7-8-16-12)18-9-5-6-9/h7-9H,5-6H2,1-4H3,(H,15,17). The molecule has 1 fully saturated rings. The van der Waals surface area contributed by atoms with Crippen LogP contribution in [0.1, 0.15) is 49.7 Å². The molecule has 0 radical (unpaired) electrons. The van der Waals surface area contributed by atoms with Crippen molar-refractivity contribution < 1.29 is 9.53 Å². The molecule has 98 valence electrons. The van der Waals surface area contributed by atoms with Gasteiger partial charge in [0.15, 0.2) is 0 Å². The molecule has 1 heterocycles. The average molecular weight is 248 g/mol. The highest BCUT2D eigenvalue weighted by Gasteiger charge is 2.30. The van der Waals surface area contributed by atoms with Crippen molar-refractivity contribution in [2.45, 2.75) is 45.1 Å². The molecule has 0 aliphatic heterocycles. The molecule has 1 aliphatic rings. The lowest BCUT2D eigenvalue weighted by Gasteiger charge is -2.22. The molecule has 0 atom stereocenters. The van der Waals surface area contributed by atoms with E-state index >= 15 is 0 Å². The van der Waals surface area contributed by atoms with Gasteiger partial charge in [0.25, 0.3) is 5.91 Å². The van der Waals surface area contributed by atoms with Gasteiger partial charge in [-0.05, 0) is 18.9 Å². The van der Waals surface area contributed by atoms with Crippen molar-refractivity contribution in [1.29, 1.82) is 0 Å². The Balaban J connectivity index is 2.48. The number of hydrogen-bond donors (Lipinski definition) is 1. The van der Waals surface area contributed by atoms with Crippen molar-refractivity contribution >= 4 is 5.91 Å². The third-order valence-corrected chi connectivity index (χ3v) is 2.90. The van der Waals surface area contributed by atoms with Crippen LogP contribution in [0.3, 0.4) is 0 Å². The molecule has 1 aromatic rings. The van der Waals surface area contributed by atoms with Crippen LogP contribution in [0.15, 0.2) is 12.3 Å². The topological polar surface area (TPSA) is 51.2 Å². The summed E-state index contributed by atoms with van der Waals surface area (Å²) in [5.74, 6) is 0.514. The van der Waals surface area contributed by atoms with Crippen molar-refractivity contribution in [2.24, 2.45) is 0 Å². The van der Waals surface area contributed by atoms with Gasteiger partial charge in [-0.15, -0.1) is 0 Å². The predicted octanol–water partition coefficient (Wildman–Crippen LogP) is 2.28. The fourth-order valence-electron chi connectivity index (χ4n) is 1.82. The summed E-state index contributed by atoms with van der Waals surface area (Å²) in [5, 5.41) is 2.67. The zero-order valence-corrected chi connectivity index (χ0v) is 11.4. The second-order valence-electron chi connectivity index (χ2n) is 5.68. The van der Waals surface area contributed by atoms with Crippen LogP contribution in [0.5, 0.6) is 5.75 Å². The minimum atomic E-state index is -0.190. The quantitative estimate of drug-likeness (QED) is 0.892. The number of rotatable bonds is 3. The van der Waals surface area contributed by atoms with Gasteiger partial charge in [-0.25, -0.2) is 0 Å². The highest BCUT2D eigenvalue weighted by Crippen LogP contribution is 2.33. The number of pyridine rings is 1. The molecule has 1 aromatic heterocycles. The maximum Gasteiger partial charge on any atom is 0.256 e. The maximum absolute atomic E-state index is 12.1. The Bertz CT molecular complexity index is 459. The predicted molar refractivity (Wildman–Crippen MR) is 70.0 cm³/mol.